The Bertz CT molecular complexity index is 746. The van der Waals surface area contributed by atoms with Crippen LogP contribution in [0.3, 0.4) is 0 Å². The predicted molar refractivity (Wildman–Crippen MR) is 131 cm³/mol. The largest absolute Gasteiger partial charge is 0.480 e. The van der Waals surface area contributed by atoms with Crippen LogP contribution in [0.1, 0.15) is 93.4 Å². The molecule has 1 heterocycles. The Morgan fingerprint density at radius 3 is 1.88 bits per heavy atom. The Morgan fingerprint density at radius 2 is 1.38 bits per heavy atom. The van der Waals surface area contributed by atoms with Crippen LogP contribution in [-0.4, -0.2) is 45.3 Å². The standard InChI is InChI=1S/C26H39NO4S/c1-5-18(2)10-8-11-19(3)12-9-13-20(4)16-32-17-23(26(30)31)27-24(28)21-14-6-7-15-22(21)25(27)29/h6-7,14-15,18-20,23H,5,8-13,16-17H2,1-4H3,(H,30,31). The van der Waals surface area contributed by atoms with Crippen molar-refractivity contribution in [2.75, 3.05) is 11.5 Å². The highest BCUT2D eigenvalue weighted by atomic mass is 32.2. The minimum Gasteiger partial charge on any atom is -0.480 e. The number of carbonyl (C=O) groups is 3. The molecule has 4 atom stereocenters. The maximum Gasteiger partial charge on any atom is 0.327 e. The van der Waals surface area contributed by atoms with Gasteiger partial charge in [-0.25, -0.2) is 4.79 Å². The molecule has 2 rings (SSSR count). The van der Waals surface area contributed by atoms with E-state index < -0.39 is 23.8 Å². The Balaban J connectivity index is 1.72. The third-order valence-electron chi connectivity index (χ3n) is 6.58. The molecular weight excluding hydrogens is 422 g/mol. The molecular formula is C26H39NO4S. The van der Waals surface area contributed by atoms with Gasteiger partial charge in [0.2, 0.25) is 0 Å². The number of amides is 2. The molecule has 5 nitrogen and oxygen atoms in total. The summed E-state index contributed by atoms with van der Waals surface area (Å²) in [5.74, 6) is 0.961. The minimum atomic E-state index is -1.13. The monoisotopic (exact) mass is 461 g/mol. The van der Waals surface area contributed by atoms with Crippen LogP contribution in [0.15, 0.2) is 24.3 Å². The SMILES string of the molecule is CCC(C)CCCC(C)CCCC(C)CSCC(C(=O)O)N1C(=O)c2ccccc2C1=O. The summed E-state index contributed by atoms with van der Waals surface area (Å²) >= 11 is 1.52. The molecule has 1 aromatic rings. The summed E-state index contributed by atoms with van der Waals surface area (Å²) in [5.41, 5.74) is 0.584. The van der Waals surface area contributed by atoms with Crippen molar-refractivity contribution in [2.45, 2.75) is 78.7 Å². The van der Waals surface area contributed by atoms with Crippen LogP contribution in [0.4, 0.5) is 0 Å². The number of aliphatic carboxylic acids is 1. The number of hydrogen-bond acceptors (Lipinski definition) is 4. The fourth-order valence-electron chi connectivity index (χ4n) is 4.19. The van der Waals surface area contributed by atoms with Crippen molar-refractivity contribution < 1.29 is 19.5 Å². The van der Waals surface area contributed by atoms with Crippen molar-refractivity contribution in [1.29, 1.82) is 0 Å². The number of carboxylic acids is 1. The summed E-state index contributed by atoms with van der Waals surface area (Å²) in [6.45, 7) is 9.12. The molecule has 1 aromatic carbocycles. The summed E-state index contributed by atoms with van der Waals surface area (Å²) in [5, 5.41) is 9.68. The smallest absolute Gasteiger partial charge is 0.327 e. The van der Waals surface area contributed by atoms with E-state index in [0.29, 0.717) is 17.0 Å². The number of rotatable bonds is 15. The molecule has 0 fully saturated rings. The summed E-state index contributed by atoms with van der Waals surface area (Å²) in [6.07, 6.45) is 8.75. The van der Waals surface area contributed by atoms with Gasteiger partial charge in [0, 0.05) is 5.75 Å². The lowest BCUT2D eigenvalue weighted by Gasteiger charge is -2.23. The number of nitrogens with zero attached hydrogens (tertiary/aromatic N) is 1. The van der Waals surface area contributed by atoms with Gasteiger partial charge in [0.05, 0.1) is 11.1 Å². The maximum absolute atomic E-state index is 12.6. The van der Waals surface area contributed by atoms with E-state index in [0.717, 1.165) is 28.9 Å². The summed E-state index contributed by atoms with van der Waals surface area (Å²) in [7, 11) is 0. The van der Waals surface area contributed by atoms with Crippen molar-refractivity contribution in [1.82, 2.24) is 4.90 Å². The van der Waals surface area contributed by atoms with Crippen LogP contribution in [-0.2, 0) is 4.79 Å². The van der Waals surface area contributed by atoms with Gasteiger partial charge >= 0.3 is 5.97 Å². The first-order valence-electron chi connectivity index (χ1n) is 12.0. The van der Waals surface area contributed by atoms with Crippen LogP contribution in [0.2, 0.25) is 0 Å². The molecule has 0 saturated carbocycles. The maximum atomic E-state index is 12.6. The zero-order chi connectivity index (χ0) is 23.7. The highest BCUT2D eigenvalue weighted by Gasteiger charge is 2.42. The molecule has 0 aromatic heterocycles. The van der Waals surface area contributed by atoms with E-state index in [1.807, 2.05) is 0 Å². The number of carboxylic acid groups (broad SMARTS) is 1. The Labute approximate surface area is 197 Å². The molecule has 2 amide bonds. The number of benzene rings is 1. The van der Waals surface area contributed by atoms with E-state index in [4.69, 9.17) is 0 Å². The Morgan fingerprint density at radius 1 is 0.875 bits per heavy atom. The van der Waals surface area contributed by atoms with Gasteiger partial charge in [-0.1, -0.05) is 78.4 Å². The summed E-state index contributed by atoms with van der Waals surface area (Å²) < 4.78 is 0. The second-order valence-electron chi connectivity index (χ2n) is 9.50. The predicted octanol–water partition coefficient (Wildman–Crippen LogP) is 6.13. The molecule has 0 aliphatic carbocycles. The zero-order valence-electron chi connectivity index (χ0n) is 20.0. The summed E-state index contributed by atoms with van der Waals surface area (Å²) in [4.78, 5) is 38.0. The molecule has 0 bridgehead atoms. The van der Waals surface area contributed by atoms with Crippen molar-refractivity contribution in [3.63, 3.8) is 0 Å². The second kappa shape index (κ2) is 13.0. The van der Waals surface area contributed by atoms with E-state index in [-0.39, 0.29) is 5.75 Å². The lowest BCUT2D eigenvalue weighted by molar-refractivity contribution is -0.140. The molecule has 0 saturated heterocycles. The fraction of sp³-hybridized carbons (Fsp3) is 0.654. The van der Waals surface area contributed by atoms with Gasteiger partial charge in [-0.2, -0.15) is 11.8 Å². The lowest BCUT2D eigenvalue weighted by atomic mass is 9.93. The van der Waals surface area contributed by atoms with Gasteiger partial charge in [-0.05, 0) is 42.1 Å². The van der Waals surface area contributed by atoms with Crippen LogP contribution in [0.25, 0.3) is 0 Å². The molecule has 1 aliphatic heterocycles. The zero-order valence-corrected chi connectivity index (χ0v) is 20.8. The lowest BCUT2D eigenvalue weighted by Crippen LogP contribution is -2.46. The average molecular weight is 462 g/mol. The molecule has 0 spiro atoms. The van der Waals surface area contributed by atoms with Gasteiger partial charge < -0.3 is 5.11 Å². The van der Waals surface area contributed by atoms with Gasteiger partial charge in [0.15, 0.2) is 0 Å². The average Bonchev–Trinajstić information content (AvgIpc) is 3.01. The second-order valence-corrected chi connectivity index (χ2v) is 10.6. The molecule has 0 radical (unpaired) electrons. The Hall–Kier alpha value is -1.82. The van der Waals surface area contributed by atoms with Gasteiger partial charge in [-0.3, -0.25) is 14.5 Å². The van der Waals surface area contributed by atoms with E-state index in [9.17, 15) is 19.5 Å². The first-order valence-corrected chi connectivity index (χ1v) is 13.2. The third-order valence-corrected chi connectivity index (χ3v) is 7.94. The van der Waals surface area contributed by atoms with Gasteiger partial charge in [-0.15, -0.1) is 0 Å². The normalized spacial score (nSPS) is 17.2. The molecule has 32 heavy (non-hydrogen) atoms. The van der Waals surface area contributed by atoms with Crippen LogP contribution < -0.4 is 0 Å². The summed E-state index contributed by atoms with van der Waals surface area (Å²) in [6, 6.07) is 5.40. The van der Waals surface area contributed by atoms with E-state index in [1.54, 1.807) is 24.3 Å². The fourth-order valence-corrected chi connectivity index (χ4v) is 5.41. The van der Waals surface area contributed by atoms with Gasteiger partial charge in [0.25, 0.3) is 11.8 Å². The number of hydrogen-bond donors (Lipinski definition) is 1. The third kappa shape index (κ3) is 7.36. The number of thioether (sulfide) groups is 1. The first kappa shape index (κ1) is 26.4. The molecule has 4 unspecified atom stereocenters. The molecule has 1 aliphatic rings. The first-order chi connectivity index (χ1) is 15.3. The Kier molecular flexibility index (Phi) is 10.8. The van der Waals surface area contributed by atoms with Crippen molar-refractivity contribution in [3.05, 3.63) is 35.4 Å². The van der Waals surface area contributed by atoms with Crippen molar-refractivity contribution in [3.8, 4) is 0 Å². The number of fused-ring (bicyclic) bond motifs is 1. The molecule has 1 N–H and O–H groups in total. The van der Waals surface area contributed by atoms with E-state index >= 15 is 0 Å². The van der Waals surface area contributed by atoms with Crippen LogP contribution in [0, 0.1) is 17.8 Å². The van der Waals surface area contributed by atoms with E-state index in [1.165, 1.54) is 50.3 Å². The topological polar surface area (TPSA) is 74.7 Å². The number of carbonyl (C=O) groups excluding carboxylic acids is 2. The van der Waals surface area contributed by atoms with Crippen LogP contribution >= 0.6 is 11.8 Å². The molecule has 6 heteroatoms. The highest BCUT2D eigenvalue weighted by Crippen LogP contribution is 2.27. The minimum absolute atomic E-state index is 0.219. The van der Waals surface area contributed by atoms with Crippen molar-refractivity contribution in [2.24, 2.45) is 17.8 Å². The van der Waals surface area contributed by atoms with Gasteiger partial charge in [0.1, 0.15) is 6.04 Å². The molecule has 178 valence electrons. The highest BCUT2D eigenvalue weighted by molar-refractivity contribution is 7.99. The van der Waals surface area contributed by atoms with E-state index in [2.05, 4.69) is 27.7 Å². The quantitative estimate of drug-likeness (QED) is 0.318. The number of imide groups is 1. The van der Waals surface area contributed by atoms with Crippen molar-refractivity contribution >= 4 is 29.5 Å². The van der Waals surface area contributed by atoms with Crippen LogP contribution in [0.5, 0.6) is 0 Å².